The van der Waals surface area contributed by atoms with E-state index in [1.165, 1.54) is 30.6 Å². The quantitative estimate of drug-likeness (QED) is 0.224. The summed E-state index contributed by atoms with van der Waals surface area (Å²) >= 11 is 9.46. The van der Waals surface area contributed by atoms with Crippen molar-refractivity contribution < 1.29 is 27.3 Å². The molecule has 4 N–H and O–H groups in total. The first-order valence-corrected chi connectivity index (χ1v) is 15.8. The van der Waals surface area contributed by atoms with Crippen molar-refractivity contribution in [2.24, 2.45) is 0 Å². The fourth-order valence-corrected chi connectivity index (χ4v) is 7.07. The molecule has 0 radical (unpaired) electrons. The van der Waals surface area contributed by atoms with Crippen molar-refractivity contribution >= 4 is 67.6 Å². The van der Waals surface area contributed by atoms with Crippen molar-refractivity contribution in [1.82, 2.24) is 15.6 Å². The Labute approximate surface area is 245 Å². The van der Waals surface area contributed by atoms with Crippen molar-refractivity contribution in [3.63, 3.8) is 0 Å². The number of nitrogens with zero attached hydrogens (tertiary/aromatic N) is 1. The minimum Gasteiger partial charge on any atom is -0.453 e. The Kier molecular flexibility index (Phi) is 10.1. The number of nitrogens with one attached hydrogen (secondary N) is 3. The van der Waals surface area contributed by atoms with E-state index >= 15 is 0 Å². The van der Waals surface area contributed by atoms with Gasteiger partial charge in [-0.3, -0.25) is 14.1 Å². The number of alkyl carbamates (subject to hydrolysis) is 1. The lowest BCUT2D eigenvalue weighted by atomic mass is 10.0. The molecule has 2 heterocycles. The number of hydrogen-bond donors (Lipinski definition) is 4. The summed E-state index contributed by atoms with van der Waals surface area (Å²) in [7, 11) is -3.18. The van der Waals surface area contributed by atoms with Gasteiger partial charge in [-0.1, -0.05) is 54.1 Å². The number of ether oxygens (including phenoxy) is 1. The smallest absolute Gasteiger partial charge is 0.407 e. The molecular weight excluding hydrogens is 596 g/mol. The van der Waals surface area contributed by atoms with Crippen LogP contribution in [-0.4, -0.2) is 48.9 Å². The van der Waals surface area contributed by atoms with Crippen LogP contribution in [0.1, 0.15) is 34.3 Å². The van der Waals surface area contributed by atoms with E-state index < -0.39 is 34.4 Å². The van der Waals surface area contributed by atoms with Crippen LogP contribution in [0.2, 0.25) is 0 Å². The van der Waals surface area contributed by atoms with E-state index in [0.717, 1.165) is 38.2 Å². The number of anilines is 1. The molecule has 1 aliphatic rings. The molecule has 14 heteroatoms. The van der Waals surface area contributed by atoms with Crippen LogP contribution in [0.5, 0.6) is 0 Å². The second-order valence-electron chi connectivity index (χ2n) is 8.83. The standard InChI is InChI=1S/C26H27ClN4O6S3/c1-37-26(33)30-21(14-16-5-3-2-4-6-16)24(32)28-20(13-17-7-9-18(10-8-17)31-40(34,35)36)22-15-39-25(29-22)23-19(27)11-12-38-23/h2-10,15,20-21,31H,11-14H2,1H3,(H,28,32)(H,30,33)(H,34,35,36)/t20-,21-/m0/s1. The van der Waals surface area contributed by atoms with Gasteiger partial charge in [0.15, 0.2) is 0 Å². The molecule has 0 saturated carbocycles. The van der Waals surface area contributed by atoms with Crippen molar-refractivity contribution in [3.05, 3.63) is 86.8 Å². The molecule has 4 rings (SSSR count). The van der Waals surface area contributed by atoms with Crippen LogP contribution in [0.3, 0.4) is 0 Å². The lowest BCUT2D eigenvalue weighted by Crippen LogP contribution is -2.49. The van der Waals surface area contributed by atoms with E-state index in [4.69, 9.17) is 25.9 Å². The first-order valence-electron chi connectivity index (χ1n) is 12.1. The van der Waals surface area contributed by atoms with E-state index in [9.17, 15) is 18.0 Å². The normalized spacial score (nSPS) is 14.9. The number of methoxy groups -OCH3 is 1. The minimum atomic E-state index is -4.41. The summed E-state index contributed by atoms with van der Waals surface area (Å²) in [6.45, 7) is 0. The molecule has 0 spiro atoms. The Morgan fingerprint density at radius 3 is 2.40 bits per heavy atom. The molecule has 1 aromatic heterocycles. The first kappa shape index (κ1) is 29.9. The molecule has 212 valence electrons. The minimum absolute atomic E-state index is 0.188. The van der Waals surface area contributed by atoms with E-state index in [0.29, 0.717) is 12.1 Å². The summed E-state index contributed by atoms with van der Waals surface area (Å²) in [5.74, 6) is 0.457. The monoisotopic (exact) mass is 622 g/mol. The maximum atomic E-state index is 13.6. The van der Waals surface area contributed by atoms with Crippen molar-refractivity contribution in [1.29, 1.82) is 0 Å². The van der Waals surface area contributed by atoms with Crippen LogP contribution in [-0.2, 0) is 32.7 Å². The van der Waals surface area contributed by atoms with Gasteiger partial charge in [0.05, 0.1) is 29.4 Å². The fourth-order valence-electron chi connectivity index (χ4n) is 4.02. The highest BCUT2D eigenvalue weighted by Gasteiger charge is 2.27. The molecule has 2 aromatic carbocycles. The lowest BCUT2D eigenvalue weighted by molar-refractivity contribution is -0.123. The molecule has 2 atom stereocenters. The average molecular weight is 623 g/mol. The molecule has 2 amide bonds. The summed E-state index contributed by atoms with van der Waals surface area (Å²) in [5, 5.41) is 9.03. The maximum Gasteiger partial charge on any atom is 0.407 e. The lowest BCUT2D eigenvalue weighted by Gasteiger charge is -2.23. The second-order valence-corrected chi connectivity index (χ2v) is 12.4. The van der Waals surface area contributed by atoms with Crippen LogP contribution in [0, 0.1) is 0 Å². The zero-order valence-electron chi connectivity index (χ0n) is 21.3. The number of rotatable bonds is 11. The van der Waals surface area contributed by atoms with Gasteiger partial charge >= 0.3 is 16.4 Å². The molecule has 0 bridgehead atoms. The summed E-state index contributed by atoms with van der Waals surface area (Å²) in [6.07, 6.45) is 0.606. The Balaban J connectivity index is 1.60. The highest BCUT2D eigenvalue weighted by Crippen LogP contribution is 2.42. The van der Waals surface area contributed by atoms with Gasteiger partial charge in [0.2, 0.25) is 5.91 Å². The third kappa shape index (κ3) is 8.45. The zero-order chi connectivity index (χ0) is 28.7. The van der Waals surface area contributed by atoms with Crippen molar-refractivity contribution in [2.75, 3.05) is 17.6 Å². The molecule has 3 aromatic rings. The molecular formula is C26H27ClN4O6S3. The van der Waals surface area contributed by atoms with E-state index in [-0.39, 0.29) is 12.1 Å². The summed E-state index contributed by atoms with van der Waals surface area (Å²) in [4.78, 5) is 31.3. The number of amides is 2. The third-order valence-electron chi connectivity index (χ3n) is 5.92. The van der Waals surface area contributed by atoms with Crippen LogP contribution >= 0.6 is 34.7 Å². The Morgan fingerprint density at radius 1 is 1.07 bits per heavy atom. The van der Waals surface area contributed by atoms with Gasteiger partial charge < -0.3 is 15.4 Å². The third-order valence-corrected chi connectivity index (χ3v) is 9.05. The number of allylic oxidation sites excluding steroid dienone is 1. The zero-order valence-corrected chi connectivity index (χ0v) is 24.5. The van der Waals surface area contributed by atoms with Crippen molar-refractivity contribution in [2.45, 2.75) is 31.3 Å². The van der Waals surface area contributed by atoms with Crippen LogP contribution in [0.25, 0.3) is 4.91 Å². The molecule has 10 nitrogen and oxygen atoms in total. The maximum absolute atomic E-state index is 13.6. The molecule has 1 aliphatic heterocycles. The van der Waals surface area contributed by atoms with Crippen molar-refractivity contribution in [3.8, 4) is 0 Å². The van der Waals surface area contributed by atoms with Gasteiger partial charge in [0.25, 0.3) is 0 Å². The summed E-state index contributed by atoms with van der Waals surface area (Å²) < 4.78 is 38.0. The molecule has 40 heavy (non-hydrogen) atoms. The van der Waals surface area contributed by atoms with E-state index in [2.05, 4.69) is 10.6 Å². The van der Waals surface area contributed by atoms with Gasteiger partial charge in [0, 0.05) is 22.6 Å². The van der Waals surface area contributed by atoms with Gasteiger partial charge in [-0.05, 0) is 36.1 Å². The number of thiazole rings is 1. The van der Waals surface area contributed by atoms with Gasteiger partial charge in [0.1, 0.15) is 11.0 Å². The number of aromatic nitrogens is 1. The topological polar surface area (TPSA) is 147 Å². The van der Waals surface area contributed by atoms with Crippen LogP contribution in [0.4, 0.5) is 10.5 Å². The Hall–Kier alpha value is -3.10. The SMILES string of the molecule is COC(=O)N[C@@H](Cc1ccccc1)C(=O)N[C@@H](Cc1ccc(NS(=O)(=O)O)cc1)c1csc(C2=C(Cl)CCS2)n1. The Morgan fingerprint density at radius 2 is 1.77 bits per heavy atom. The van der Waals surface area contributed by atoms with Gasteiger partial charge in [-0.25, -0.2) is 9.78 Å². The average Bonchev–Trinajstić information content (AvgIpc) is 3.57. The highest BCUT2D eigenvalue weighted by molar-refractivity contribution is 8.08. The van der Waals surface area contributed by atoms with Gasteiger partial charge in [-0.2, -0.15) is 8.42 Å². The first-order chi connectivity index (χ1) is 19.1. The molecule has 0 saturated heterocycles. The van der Waals surface area contributed by atoms with E-state index in [1.54, 1.807) is 23.9 Å². The number of hydrogen-bond acceptors (Lipinski definition) is 8. The Bertz CT molecular complexity index is 1480. The largest absolute Gasteiger partial charge is 0.453 e. The fraction of sp³-hybridized carbons (Fsp3) is 0.269. The predicted octanol–water partition coefficient (Wildman–Crippen LogP) is 4.77. The van der Waals surface area contributed by atoms with Crippen LogP contribution < -0.4 is 15.4 Å². The summed E-state index contributed by atoms with van der Waals surface area (Å²) in [5.41, 5.74) is 2.43. The second kappa shape index (κ2) is 13.5. The number of carbonyl (C=O) groups excluding carboxylic acids is 2. The predicted molar refractivity (Wildman–Crippen MR) is 158 cm³/mol. The van der Waals surface area contributed by atoms with Gasteiger partial charge in [-0.15, -0.1) is 23.1 Å². The number of thioether (sulfide) groups is 1. The van der Waals surface area contributed by atoms with Crippen LogP contribution in [0.15, 0.2) is 65.0 Å². The number of carbonyl (C=O) groups is 2. The molecule has 0 aliphatic carbocycles. The molecule has 0 unspecified atom stereocenters. The van der Waals surface area contributed by atoms with E-state index in [1.807, 2.05) is 40.4 Å². The summed E-state index contributed by atoms with van der Waals surface area (Å²) in [6, 6.07) is 14.2. The highest BCUT2D eigenvalue weighted by atomic mass is 35.5. The number of halogens is 1. The molecule has 0 fully saturated rings. The number of benzene rings is 2.